The van der Waals surface area contributed by atoms with Gasteiger partial charge in [0.1, 0.15) is 0 Å². The van der Waals surface area contributed by atoms with Gasteiger partial charge in [0.2, 0.25) is 0 Å². The third-order valence-electron chi connectivity index (χ3n) is 4.52. The maximum atomic E-state index is 11.7. The van der Waals surface area contributed by atoms with Gasteiger partial charge in [0, 0.05) is 22.6 Å². The fourth-order valence-electron chi connectivity index (χ4n) is 3.00. The molecule has 2 aromatic carbocycles. The van der Waals surface area contributed by atoms with Crippen LogP contribution in [0, 0.1) is 65.5 Å². The quantitative estimate of drug-likeness (QED) is 0.292. The smallest absolute Gasteiger partial charge is 0.265 e. The summed E-state index contributed by atoms with van der Waals surface area (Å²) in [6, 6.07) is 15.0. The first kappa shape index (κ1) is 26.8. The Hall–Kier alpha value is -5.21. The normalized spacial score (nSPS) is 10.1. The van der Waals surface area contributed by atoms with Gasteiger partial charge in [-0.05, 0) is 47.4 Å². The van der Waals surface area contributed by atoms with Gasteiger partial charge in [-0.2, -0.15) is 10.5 Å². The fourth-order valence-corrected chi connectivity index (χ4v) is 3.00. The average Bonchev–Trinajstić information content (AvgIpc) is 2.85. The van der Waals surface area contributed by atoms with E-state index in [0.717, 1.165) is 0 Å². The van der Waals surface area contributed by atoms with Gasteiger partial charge >= 0.3 is 0 Å². The number of carbonyl (C=O) groups excluding carboxylic acids is 1. The van der Waals surface area contributed by atoms with Crippen LogP contribution in [-0.4, -0.2) is 5.78 Å². The molecule has 0 aliphatic carbocycles. The van der Waals surface area contributed by atoms with Crippen LogP contribution in [0.2, 0.25) is 0 Å². The van der Waals surface area contributed by atoms with Gasteiger partial charge in [-0.1, -0.05) is 33.8 Å². The Morgan fingerprint density at radius 3 is 1.59 bits per heavy atom. The molecule has 0 N–H and O–H groups in total. The second-order valence-electron chi connectivity index (χ2n) is 7.64. The number of rotatable bonds is 4. The highest BCUT2D eigenvalue weighted by Crippen LogP contribution is 2.31. The molecule has 0 aromatic heterocycles. The number of nitrogens with zero attached hydrogens (tertiary/aromatic N) is 6. The molecule has 0 fully saturated rings. The lowest BCUT2D eigenvalue weighted by Gasteiger charge is -2.13. The van der Waals surface area contributed by atoms with Crippen molar-refractivity contribution in [2.45, 2.75) is 27.7 Å². The highest BCUT2D eigenvalue weighted by Gasteiger charge is 2.15. The number of Topliss-reactive ketones (excluding diaryl/α,β-unsaturated/α-hetero) is 1. The molecule has 2 rings (SSSR count). The van der Waals surface area contributed by atoms with Crippen LogP contribution in [0.3, 0.4) is 0 Å². The largest absolute Gasteiger partial charge is 0.294 e. The molecule has 0 aliphatic rings. The van der Waals surface area contributed by atoms with Gasteiger partial charge in [0.25, 0.3) is 5.70 Å². The minimum atomic E-state index is -0.127. The van der Waals surface area contributed by atoms with Gasteiger partial charge in [0.15, 0.2) is 17.2 Å². The van der Waals surface area contributed by atoms with Crippen molar-refractivity contribution in [3.05, 3.63) is 98.6 Å². The number of nitriles is 3. The third-order valence-corrected chi connectivity index (χ3v) is 4.52. The molecule has 0 spiro atoms. The molecule has 0 atom stereocenters. The van der Waals surface area contributed by atoms with Crippen LogP contribution >= 0.6 is 0 Å². The number of ketones is 1. The molecule has 0 heterocycles. The third kappa shape index (κ3) is 6.91. The summed E-state index contributed by atoms with van der Waals surface area (Å²) in [4.78, 5) is 21.4. The molecule has 164 valence electrons. The van der Waals surface area contributed by atoms with Crippen molar-refractivity contribution in [2.75, 3.05) is 0 Å². The van der Waals surface area contributed by atoms with E-state index in [0.29, 0.717) is 39.2 Å². The van der Waals surface area contributed by atoms with Crippen LogP contribution in [0.5, 0.6) is 0 Å². The van der Waals surface area contributed by atoms with Crippen molar-refractivity contribution >= 4 is 22.7 Å². The maximum absolute atomic E-state index is 11.7. The first-order valence-electron chi connectivity index (χ1n) is 10.1. The predicted octanol–water partition coefficient (Wildman–Crippen LogP) is 6.87. The molecular weight excluding hydrogens is 424 g/mol. The number of hydrogen-bond acceptors (Lipinski definition) is 4. The van der Waals surface area contributed by atoms with Gasteiger partial charge in [-0.15, -0.1) is 0 Å². The highest BCUT2D eigenvalue weighted by atomic mass is 16.1. The van der Waals surface area contributed by atoms with E-state index in [1.165, 1.54) is 24.3 Å². The van der Waals surface area contributed by atoms with Crippen LogP contribution in [0.1, 0.15) is 54.7 Å². The topological polar surface area (TPSA) is 102 Å². The number of benzene rings is 2. The Morgan fingerprint density at radius 2 is 1.24 bits per heavy atom. The monoisotopic (exact) mass is 444 g/mol. The maximum Gasteiger partial charge on any atom is 0.265 e. The van der Waals surface area contributed by atoms with E-state index in [-0.39, 0.29) is 23.3 Å². The van der Waals surface area contributed by atoms with Crippen LogP contribution in [0.15, 0.2) is 42.1 Å². The molecule has 34 heavy (non-hydrogen) atoms. The molecule has 0 radical (unpaired) electrons. The van der Waals surface area contributed by atoms with E-state index in [2.05, 4.69) is 14.5 Å². The Balaban J connectivity index is 0.000000350. The standard InChI is InChI=1S/C15H10N4.C12H10N2O/c1-10(2)15(14(9-17)19-4)12-5-11(8-16)6-13(7-12)18-3;1-8(2)12(15)10-4-9(7-13)5-11(6-10)14-3/h5-7,10H,1-2H3;4-6,8H,1-2H3/b15-14-;. The van der Waals surface area contributed by atoms with E-state index >= 15 is 0 Å². The van der Waals surface area contributed by atoms with E-state index in [1.807, 2.05) is 32.1 Å². The second kappa shape index (κ2) is 12.6. The van der Waals surface area contributed by atoms with E-state index in [4.69, 9.17) is 35.5 Å². The summed E-state index contributed by atoms with van der Waals surface area (Å²) >= 11 is 0. The van der Waals surface area contributed by atoms with E-state index in [1.54, 1.807) is 26.0 Å². The summed E-state index contributed by atoms with van der Waals surface area (Å²) in [5.74, 6) is -0.217. The zero-order valence-corrected chi connectivity index (χ0v) is 19.2. The van der Waals surface area contributed by atoms with Gasteiger partial charge < -0.3 is 0 Å². The van der Waals surface area contributed by atoms with E-state index in [9.17, 15) is 4.79 Å². The van der Waals surface area contributed by atoms with Gasteiger partial charge in [-0.3, -0.25) is 4.79 Å². The first-order chi connectivity index (χ1) is 16.1. The highest BCUT2D eigenvalue weighted by molar-refractivity contribution is 5.98. The Kier molecular flexibility index (Phi) is 9.94. The minimum absolute atomic E-state index is 0.000945. The van der Waals surface area contributed by atoms with Crippen molar-refractivity contribution in [3.63, 3.8) is 0 Å². The molecule has 0 aliphatic heterocycles. The van der Waals surface area contributed by atoms with Crippen molar-refractivity contribution < 1.29 is 4.79 Å². The lowest BCUT2D eigenvalue weighted by Crippen LogP contribution is -2.07. The number of allylic oxidation sites excluding steroid dienone is 2. The summed E-state index contributed by atoms with van der Waals surface area (Å²) in [7, 11) is 0. The van der Waals surface area contributed by atoms with Gasteiger partial charge in [-0.25, -0.2) is 19.8 Å². The molecule has 0 unspecified atom stereocenters. The summed E-state index contributed by atoms with van der Waals surface area (Å²) in [6.07, 6.45) is 0. The van der Waals surface area contributed by atoms with Crippen molar-refractivity contribution in [3.8, 4) is 18.2 Å². The zero-order chi connectivity index (χ0) is 25.8. The fraction of sp³-hybridized carbons (Fsp3) is 0.222. The first-order valence-corrected chi connectivity index (χ1v) is 10.1. The molecule has 0 saturated heterocycles. The van der Waals surface area contributed by atoms with Crippen molar-refractivity contribution in [1.82, 2.24) is 0 Å². The van der Waals surface area contributed by atoms with Crippen molar-refractivity contribution in [2.24, 2.45) is 11.8 Å². The number of carbonyl (C=O) groups is 1. The van der Waals surface area contributed by atoms with Gasteiger partial charge in [0.05, 0.1) is 37.9 Å². The SMILES string of the molecule is [C-]#[N+]/C(C#N)=C(\c1cc(C#N)cc([N+]#[C-])c1)C(C)C.[C-]#[N+]c1cc(C#N)cc(C(=O)C(C)C)c1. The summed E-state index contributed by atoms with van der Waals surface area (Å²) in [6.45, 7) is 28.3. The van der Waals surface area contributed by atoms with Crippen LogP contribution in [-0.2, 0) is 0 Å². The summed E-state index contributed by atoms with van der Waals surface area (Å²) in [5, 5.41) is 26.7. The van der Waals surface area contributed by atoms with Crippen LogP contribution in [0.25, 0.3) is 20.1 Å². The minimum Gasteiger partial charge on any atom is -0.294 e. The molecular formula is C27H20N6O. The molecule has 7 nitrogen and oxygen atoms in total. The van der Waals surface area contributed by atoms with Crippen molar-refractivity contribution in [1.29, 1.82) is 15.8 Å². The average molecular weight is 444 g/mol. The van der Waals surface area contributed by atoms with Crippen LogP contribution < -0.4 is 0 Å². The van der Waals surface area contributed by atoms with E-state index < -0.39 is 0 Å². The Labute approximate surface area is 199 Å². The number of hydrogen-bond donors (Lipinski definition) is 0. The second-order valence-corrected chi connectivity index (χ2v) is 7.64. The Morgan fingerprint density at radius 1 is 0.765 bits per heavy atom. The Bertz CT molecular complexity index is 1310. The summed E-state index contributed by atoms with van der Waals surface area (Å²) < 4.78 is 0. The van der Waals surface area contributed by atoms with Crippen LogP contribution in [0.4, 0.5) is 11.4 Å². The zero-order valence-electron chi connectivity index (χ0n) is 19.2. The lowest BCUT2D eigenvalue weighted by molar-refractivity contribution is 0.0939. The lowest BCUT2D eigenvalue weighted by atomic mass is 9.92. The summed E-state index contributed by atoms with van der Waals surface area (Å²) in [5.41, 5.74) is 2.96. The molecule has 0 saturated carbocycles. The molecule has 7 heteroatoms. The molecule has 2 aromatic rings. The molecule has 0 amide bonds. The molecule has 0 bridgehead atoms. The predicted molar refractivity (Wildman–Crippen MR) is 128 cm³/mol.